The Labute approximate surface area is 97.2 Å². The van der Waals surface area contributed by atoms with Crippen molar-refractivity contribution in [2.24, 2.45) is 0 Å². The minimum atomic E-state index is 0.804. The van der Waals surface area contributed by atoms with Crippen LogP contribution in [0, 0.1) is 0 Å². The molecule has 0 spiro atoms. The second kappa shape index (κ2) is 4.64. The van der Waals surface area contributed by atoms with Gasteiger partial charge in [-0.2, -0.15) is 11.8 Å². The summed E-state index contributed by atoms with van der Waals surface area (Å²) in [7, 11) is 0. The molecule has 0 radical (unpaired) electrons. The molecule has 2 saturated heterocycles. The highest BCUT2D eigenvalue weighted by Gasteiger charge is 2.34. The summed E-state index contributed by atoms with van der Waals surface area (Å²) in [4.78, 5) is 2.70. The first kappa shape index (κ1) is 10.4. The number of hydrogen-bond acceptors (Lipinski definition) is 3. The molecule has 0 aromatic rings. The average molecular weight is 226 g/mol. The summed E-state index contributed by atoms with van der Waals surface area (Å²) >= 11 is 2.12. The lowest BCUT2D eigenvalue weighted by atomic mass is 10.1. The van der Waals surface area contributed by atoms with Crippen molar-refractivity contribution in [2.75, 3.05) is 24.6 Å². The molecule has 1 atom stereocenters. The summed E-state index contributed by atoms with van der Waals surface area (Å²) in [5.41, 5.74) is 0. The summed E-state index contributed by atoms with van der Waals surface area (Å²) < 4.78 is 0. The van der Waals surface area contributed by atoms with Crippen LogP contribution in [-0.2, 0) is 0 Å². The van der Waals surface area contributed by atoms with Crippen LogP contribution in [0.25, 0.3) is 0 Å². The van der Waals surface area contributed by atoms with Gasteiger partial charge in [0.2, 0.25) is 0 Å². The summed E-state index contributed by atoms with van der Waals surface area (Å²) in [6, 6.07) is 2.60. The molecule has 0 aromatic carbocycles. The first-order valence-electron chi connectivity index (χ1n) is 6.49. The lowest BCUT2D eigenvalue weighted by molar-refractivity contribution is 0.310. The van der Waals surface area contributed by atoms with E-state index in [4.69, 9.17) is 0 Å². The van der Waals surface area contributed by atoms with Gasteiger partial charge in [-0.25, -0.2) is 0 Å². The molecule has 1 N–H and O–H groups in total. The molecule has 3 aliphatic rings. The molecule has 1 aliphatic carbocycles. The Hall–Kier alpha value is 0.270. The number of likely N-dealkylation sites (tertiary alicyclic amines) is 1. The van der Waals surface area contributed by atoms with E-state index in [0.29, 0.717) is 0 Å². The predicted octanol–water partition coefficient (Wildman–Crippen LogP) is 1.71. The zero-order chi connectivity index (χ0) is 10.1. The van der Waals surface area contributed by atoms with Crippen molar-refractivity contribution in [3.05, 3.63) is 0 Å². The molecule has 3 fully saturated rings. The normalized spacial score (nSPS) is 34.8. The second-order valence-corrected chi connectivity index (χ2v) is 6.49. The molecule has 0 amide bonds. The van der Waals surface area contributed by atoms with E-state index in [0.717, 1.165) is 18.1 Å². The van der Waals surface area contributed by atoms with Gasteiger partial charge in [-0.15, -0.1) is 0 Å². The van der Waals surface area contributed by atoms with Crippen molar-refractivity contribution < 1.29 is 0 Å². The van der Waals surface area contributed by atoms with Crippen molar-refractivity contribution in [2.45, 2.75) is 50.2 Å². The highest BCUT2D eigenvalue weighted by Crippen LogP contribution is 2.30. The van der Waals surface area contributed by atoms with E-state index in [9.17, 15) is 0 Å². The van der Waals surface area contributed by atoms with Crippen LogP contribution in [0.1, 0.15) is 32.1 Å². The molecule has 0 bridgehead atoms. The molecule has 86 valence electrons. The van der Waals surface area contributed by atoms with E-state index in [1.807, 2.05) is 0 Å². The maximum atomic E-state index is 3.88. The highest BCUT2D eigenvalue weighted by atomic mass is 32.2. The summed E-state index contributed by atoms with van der Waals surface area (Å²) in [5, 5.41) is 3.88. The van der Waals surface area contributed by atoms with Gasteiger partial charge in [-0.05, 0) is 43.6 Å². The fourth-order valence-electron chi connectivity index (χ4n) is 2.89. The third-order valence-corrected chi connectivity index (χ3v) is 5.02. The van der Waals surface area contributed by atoms with Gasteiger partial charge in [0.05, 0.1) is 0 Å². The van der Waals surface area contributed by atoms with Gasteiger partial charge in [0.25, 0.3) is 0 Å². The van der Waals surface area contributed by atoms with Gasteiger partial charge in [-0.3, -0.25) is 4.90 Å². The van der Waals surface area contributed by atoms with Gasteiger partial charge in [0.15, 0.2) is 0 Å². The van der Waals surface area contributed by atoms with Crippen LogP contribution in [0.4, 0.5) is 0 Å². The van der Waals surface area contributed by atoms with Gasteiger partial charge in [-0.1, -0.05) is 0 Å². The van der Waals surface area contributed by atoms with Crippen molar-refractivity contribution in [1.82, 2.24) is 10.2 Å². The quantitative estimate of drug-likeness (QED) is 0.789. The van der Waals surface area contributed by atoms with Crippen LogP contribution in [0.5, 0.6) is 0 Å². The Kier molecular flexibility index (Phi) is 3.23. The van der Waals surface area contributed by atoms with Crippen molar-refractivity contribution in [1.29, 1.82) is 0 Å². The van der Waals surface area contributed by atoms with Crippen molar-refractivity contribution >= 4 is 11.8 Å². The maximum absolute atomic E-state index is 3.88. The van der Waals surface area contributed by atoms with Gasteiger partial charge in [0.1, 0.15) is 0 Å². The van der Waals surface area contributed by atoms with E-state index in [1.165, 1.54) is 56.7 Å². The van der Waals surface area contributed by atoms with Gasteiger partial charge < -0.3 is 5.32 Å². The van der Waals surface area contributed by atoms with Crippen molar-refractivity contribution in [3.8, 4) is 0 Å². The SMILES string of the molecule is C1CC(NC2CCN(C3CC3)C2)CCS1. The molecule has 2 heterocycles. The van der Waals surface area contributed by atoms with E-state index >= 15 is 0 Å². The van der Waals surface area contributed by atoms with Gasteiger partial charge in [0, 0.05) is 31.2 Å². The fraction of sp³-hybridized carbons (Fsp3) is 1.00. The monoisotopic (exact) mass is 226 g/mol. The van der Waals surface area contributed by atoms with Crippen LogP contribution in [0.2, 0.25) is 0 Å². The topological polar surface area (TPSA) is 15.3 Å². The van der Waals surface area contributed by atoms with Crippen LogP contribution < -0.4 is 5.32 Å². The summed E-state index contributed by atoms with van der Waals surface area (Å²) in [6.07, 6.45) is 7.11. The lowest BCUT2D eigenvalue weighted by Gasteiger charge is -2.26. The zero-order valence-electron chi connectivity index (χ0n) is 9.45. The number of hydrogen-bond donors (Lipinski definition) is 1. The third kappa shape index (κ3) is 2.69. The summed E-state index contributed by atoms with van der Waals surface area (Å²) in [6.45, 7) is 2.68. The number of nitrogens with zero attached hydrogens (tertiary/aromatic N) is 1. The smallest absolute Gasteiger partial charge is 0.0209 e. The summed E-state index contributed by atoms with van der Waals surface area (Å²) in [5.74, 6) is 2.74. The third-order valence-electron chi connectivity index (χ3n) is 3.98. The Balaban J connectivity index is 1.43. The Bertz CT molecular complexity index is 212. The van der Waals surface area contributed by atoms with E-state index in [2.05, 4.69) is 22.0 Å². The standard InChI is InChI=1S/C12H22N2S/c1-2-12(1)14-6-3-11(9-14)13-10-4-7-15-8-5-10/h10-13H,1-9H2. The first-order valence-corrected chi connectivity index (χ1v) is 7.65. The fourth-order valence-corrected chi connectivity index (χ4v) is 4.00. The average Bonchev–Trinajstić information content (AvgIpc) is 3.02. The van der Waals surface area contributed by atoms with Crippen molar-refractivity contribution in [3.63, 3.8) is 0 Å². The first-order chi connectivity index (χ1) is 7.42. The Morgan fingerprint density at radius 3 is 2.47 bits per heavy atom. The molecule has 2 nitrogen and oxygen atoms in total. The molecule has 2 aliphatic heterocycles. The van der Waals surface area contributed by atoms with Crippen LogP contribution in [-0.4, -0.2) is 47.6 Å². The molecule has 1 saturated carbocycles. The second-order valence-electron chi connectivity index (χ2n) is 5.27. The molecule has 3 rings (SSSR count). The Morgan fingerprint density at radius 2 is 1.73 bits per heavy atom. The minimum absolute atomic E-state index is 0.804. The highest BCUT2D eigenvalue weighted by molar-refractivity contribution is 7.99. The zero-order valence-corrected chi connectivity index (χ0v) is 10.3. The molecule has 3 heteroatoms. The van der Waals surface area contributed by atoms with Crippen LogP contribution in [0.3, 0.4) is 0 Å². The molecule has 0 aromatic heterocycles. The van der Waals surface area contributed by atoms with Crippen LogP contribution in [0.15, 0.2) is 0 Å². The lowest BCUT2D eigenvalue weighted by Crippen LogP contribution is -2.42. The molecule has 15 heavy (non-hydrogen) atoms. The van der Waals surface area contributed by atoms with E-state index < -0.39 is 0 Å². The van der Waals surface area contributed by atoms with Gasteiger partial charge >= 0.3 is 0 Å². The van der Waals surface area contributed by atoms with E-state index in [1.54, 1.807) is 0 Å². The van der Waals surface area contributed by atoms with E-state index in [-0.39, 0.29) is 0 Å². The number of thioether (sulfide) groups is 1. The predicted molar refractivity (Wildman–Crippen MR) is 66.5 cm³/mol. The number of nitrogens with one attached hydrogen (secondary N) is 1. The molecule has 1 unspecified atom stereocenters. The number of rotatable bonds is 3. The van der Waals surface area contributed by atoms with Crippen LogP contribution >= 0.6 is 11.8 Å². The Morgan fingerprint density at radius 1 is 0.933 bits per heavy atom. The minimum Gasteiger partial charge on any atom is -0.310 e. The molecular formula is C12H22N2S. The molecular weight excluding hydrogens is 204 g/mol. The largest absolute Gasteiger partial charge is 0.310 e. The maximum Gasteiger partial charge on any atom is 0.0209 e.